The lowest BCUT2D eigenvalue weighted by Crippen LogP contribution is -2.53. The molecule has 16 heavy (non-hydrogen) atoms. The molecule has 0 radical (unpaired) electrons. The summed E-state index contributed by atoms with van der Waals surface area (Å²) in [5.41, 5.74) is 6.32. The molecule has 2 nitrogen and oxygen atoms in total. The molecule has 96 valence electrons. The molecular weight excluding hydrogens is 196 g/mol. The average molecular weight is 226 g/mol. The van der Waals surface area contributed by atoms with Crippen LogP contribution in [0.3, 0.4) is 0 Å². The van der Waals surface area contributed by atoms with Crippen LogP contribution in [0.15, 0.2) is 0 Å². The van der Waals surface area contributed by atoms with Gasteiger partial charge in [0.25, 0.3) is 0 Å². The molecule has 1 fully saturated rings. The van der Waals surface area contributed by atoms with Gasteiger partial charge in [-0.3, -0.25) is 4.90 Å². The van der Waals surface area contributed by atoms with E-state index in [1.165, 1.54) is 51.6 Å². The highest BCUT2D eigenvalue weighted by Gasteiger charge is 2.32. The third kappa shape index (κ3) is 2.98. The van der Waals surface area contributed by atoms with Crippen LogP contribution in [-0.2, 0) is 0 Å². The number of hydrogen-bond acceptors (Lipinski definition) is 2. The monoisotopic (exact) mass is 226 g/mol. The van der Waals surface area contributed by atoms with Gasteiger partial charge in [-0.1, -0.05) is 27.2 Å². The first kappa shape index (κ1) is 14.0. The van der Waals surface area contributed by atoms with E-state index in [1.807, 2.05) is 0 Å². The Balaban J connectivity index is 2.64. The molecule has 0 amide bonds. The van der Waals surface area contributed by atoms with Gasteiger partial charge in [0.05, 0.1) is 0 Å². The van der Waals surface area contributed by atoms with Gasteiger partial charge in [0.1, 0.15) is 0 Å². The topological polar surface area (TPSA) is 29.3 Å². The lowest BCUT2D eigenvalue weighted by atomic mass is 9.90. The van der Waals surface area contributed by atoms with E-state index in [4.69, 9.17) is 5.73 Å². The molecule has 0 bridgehead atoms. The minimum atomic E-state index is 0.280. The molecule has 1 aliphatic rings. The lowest BCUT2D eigenvalue weighted by Gasteiger charge is -2.42. The molecule has 0 spiro atoms. The second kappa shape index (κ2) is 6.61. The Bertz CT molecular complexity index is 179. The second-order valence-corrected chi connectivity index (χ2v) is 5.33. The molecule has 2 heteroatoms. The second-order valence-electron chi connectivity index (χ2n) is 5.33. The summed E-state index contributed by atoms with van der Waals surface area (Å²) in [6.07, 6.45) is 7.88. The summed E-state index contributed by atoms with van der Waals surface area (Å²) in [6.45, 7) is 10.2. The Morgan fingerprint density at radius 1 is 1.12 bits per heavy atom. The van der Waals surface area contributed by atoms with Crippen molar-refractivity contribution < 1.29 is 0 Å². The molecular formula is C14H30N2. The largest absolute Gasteiger partial charge is 0.329 e. The number of nitrogens with zero attached hydrogens (tertiary/aromatic N) is 1. The maximum Gasteiger partial charge on any atom is 0.0326 e. The molecule has 0 saturated carbocycles. The van der Waals surface area contributed by atoms with Crippen LogP contribution in [0.5, 0.6) is 0 Å². The first-order chi connectivity index (χ1) is 7.72. The van der Waals surface area contributed by atoms with Crippen molar-refractivity contribution in [2.45, 2.75) is 64.8 Å². The predicted octanol–water partition coefficient (Wildman–Crippen LogP) is 3.02. The van der Waals surface area contributed by atoms with E-state index < -0.39 is 0 Å². The zero-order valence-electron chi connectivity index (χ0n) is 11.5. The SMILES string of the molecule is CCC1CCCN(C(CC)(CC)CN)CC1. The van der Waals surface area contributed by atoms with Gasteiger partial charge in [0.15, 0.2) is 0 Å². The molecule has 1 atom stereocenters. The van der Waals surface area contributed by atoms with Crippen molar-refractivity contribution in [3.63, 3.8) is 0 Å². The molecule has 0 aromatic rings. The van der Waals surface area contributed by atoms with Crippen molar-refractivity contribution in [1.29, 1.82) is 0 Å². The normalized spacial score (nSPS) is 24.4. The van der Waals surface area contributed by atoms with E-state index >= 15 is 0 Å². The van der Waals surface area contributed by atoms with Crippen molar-refractivity contribution in [3.05, 3.63) is 0 Å². The Morgan fingerprint density at radius 2 is 1.81 bits per heavy atom. The van der Waals surface area contributed by atoms with E-state index in [0.29, 0.717) is 0 Å². The highest BCUT2D eigenvalue weighted by atomic mass is 15.2. The van der Waals surface area contributed by atoms with E-state index in [0.717, 1.165) is 12.5 Å². The molecule has 0 aromatic heterocycles. The van der Waals surface area contributed by atoms with Crippen LogP contribution in [0, 0.1) is 5.92 Å². The van der Waals surface area contributed by atoms with Crippen LogP contribution in [-0.4, -0.2) is 30.1 Å². The third-order valence-corrected chi connectivity index (χ3v) is 4.79. The molecule has 1 rings (SSSR count). The molecule has 0 aliphatic carbocycles. The minimum Gasteiger partial charge on any atom is -0.329 e. The van der Waals surface area contributed by atoms with Gasteiger partial charge in [-0.25, -0.2) is 0 Å². The van der Waals surface area contributed by atoms with E-state index in [9.17, 15) is 0 Å². The first-order valence-electron chi connectivity index (χ1n) is 7.17. The van der Waals surface area contributed by atoms with Crippen molar-refractivity contribution in [2.24, 2.45) is 11.7 Å². The van der Waals surface area contributed by atoms with Crippen molar-refractivity contribution in [1.82, 2.24) is 4.90 Å². The van der Waals surface area contributed by atoms with Crippen LogP contribution < -0.4 is 5.73 Å². The zero-order chi connectivity index (χ0) is 12.0. The summed E-state index contributed by atoms with van der Waals surface area (Å²) in [7, 11) is 0. The van der Waals surface area contributed by atoms with Gasteiger partial charge >= 0.3 is 0 Å². The smallest absolute Gasteiger partial charge is 0.0326 e. The van der Waals surface area contributed by atoms with Gasteiger partial charge in [0, 0.05) is 12.1 Å². The maximum atomic E-state index is 6.04. The van der Waals surface area contributed by atoms with E-state index in [1.54, 1.807) is 0 Å². The van der Waals surface area contributed by atoms with Crippen LogP contribution in [0.4, 0.5) is 0 Å². The summed E-state index contributed by atoms with van der Waals surface area (Å²) >= 11 is 0. The summed E-state index contributed by atoms with van der Waals surface area (Å²) in [5.74, 6) is 0.953. The number of nitrogens with two attached hydrogens (primary N) is 1. The molecule has 2 N–H and O–H groups in total. The average Bonchev–Trinajstić information content (AvgIpc) is 2.58. The molecule has 1 saturated heterocycles. The lowest BCUT2D eigenvalue weighted by molar-refractivity contribution is 0.0876. The van der Waals surface area contributed by atoms with Gasteiger partial charge in [-0.15, -0.1) is 0 Å². The van der Waals surface area contributed by atoms with Gasteiger partial charge in [-0.05, 0) is 51.1 Å². The molecule has 1 aliphatic heterocycles. The van der Waals surface area contributed by atoms with Crippen LogP contribution in [0.2, 0.25) is 0 Å². The van der Waals surface area contributed by atoms with Gasteiger partial charge < -0.3 is 5.73 Å². The quantitative estimate of drug-likeness (QED) is 0.781. The van der Waals surface area contributed by atoms with Crippen molar-refractivity contribution >= 4 is 0 Å². The Hall–Kier alpha value is -0.0800. The maximum absolute atomic E-state index is 6.04. The highest BCUT2D eigenvalue weighted by molar-refractivity contribution is 4.90. The van der Waals surface area contributed by atoms with Crippen molar-refractivity contribution in [2.75, 3.05) is 19.6 Å². The Labute approximate surface area is 102 Å². The summed E-state index contributed by atoms with van der Waals surface area (Å²) < 4.78 is 0. The van der Waals surface area contributed by atoms with Gasteiger partial charge in [-0.2, -0.15) is 0 Å². The van der Waals surface area contributed by atoms with E-state index in [-0.39, 0.29) is 5.54 Å². The third-order valence-electron chi connectivity index (χ3n) is 4.79. The number of likely N-dealkylation sites (tertiary alicyclic amines) is 1. The highest BCUT2D eigenvalue weighted by Crippen LogP contribution is 2.28. The molecule has 1 heterocycles. The summed E-state index contributed by atoms with van der Waals surface area (Å²) in [6, 6.07) is 0. The fourth-order valence-corrected chi connectivity index (χ4v) is 3.16. The first-order valence-corrected chi connectivity index (χ1v) is 7.17. The number of hydrogen-bond donors (Lipinski definition) is 1. The zero-order valence-corrected chi connectivity index (χ0v) is 11.5. The molecule has 0 aromatic carbocycles. The summed E-state index contributed by atoms with van der Waals surface area (Å²) in [5, 5.41) is 0. The molecule has 1 unspecified atom stereocenters. The predicted molar refractivity (Wildman–Crippen MR) is 71.6 cm³/mol. The Kier molecular flexibility index (Phi) is 5.77. The van der Waals surface area contributed by atoms with E-state index in [2.05, 4.69) is 25.7 Å². The van der Waals surface area contributed by atoms with Crippen LogP contribution in [0.25, 0.3) is 0 Å². The fourth-order valence-electron chi connectivity index (χ4n) is 3.16. The van der Waals surface area contributed by atoms with Gasteiger partial charge in [0.2, 0.25) is 0 Å². The van der Waals surface area contributed by atoms with Crippen LogP contribution >= 0.6 is 0 Å². The number of rotatable bonds is 5. The van der Waals surface area contributed by atoms with Crippen LogP contribution in [0.1, 0.15) is 59.3 Å². The fraction of sp³-hybridized carbons (Fsp3) is 1.00. The minimum absolute atomic E-state index is 0.280. The summed E-state index contributed by atoms with van der Waals surface area (Å²) in [4.78, 5) is 2.68. The standard InChI is InChI=1S/C14H30N2/c1-4-13-8-7-10-16(11-9-13)14(5-2,6-3)12-15/h13H,4-12,15H2,1-3H3. The van der Waals surface area contributed by atoms with Crippen molar-refractivity contribution in [3.8, 4) is 0 Å². The Morgan fingerprint density at radius 3 is 2.31 bits per heavy atom.